The summed E-state index contributed by atoms with van der Waals surface area (Å²) in [5, 5.41) is 0. The predicted molar refractivity (Wildman–Crippen MR) is 60.9 cm³/mol. The fourth-order valence-electron chi connectivity index (χ4n) is 1.41. The van der Waals surface area contributed by atoms with E-state index in [0.717, 1.165) is 0 Å². The first-order valence-corrected chi connectivity index (χ1v) is 5.12. The van der Waals surface area contributed by atoms with Crippen molar-refractivity contribution in [1.82, 2.24) is 0 Å². The van der Waals surface area contributed by atoms with Crippen molar-refractivity contribution < 1.29 is 19.1 Å². The summed E-state index contributed by atoms with van der Waals surface area (Å²) in [5.74, 6) is -1.25. The Kier molecular flexibility index (Phi) is 4.66. The number of methoxy groups -OCH3 is 1. The van der Waals surface area contributed by atoms with Crippen molar-refractivity contribution in [3.05, 3.63) is 35.9 Å². The van der Waals surface area contributed by atoms with E-state index in [1.165, 1.54) is 14.0 Å². The monoisotopic (exact) mass is 237 g/mol. The molecule has 17 heavy (non-hydrogen) atoms. The number of esters is 2. The van der Waals surface area contributed by atoms with Crippen LogP contribution >= 0.6 is 0 Å². The highest BCUT2D eigenvalue weighted by molar-refractivity contribution is 5.79. The third kappa shape index (κ3) is 3.57. The van der Waals surface area contributed by atoms with Crippen molar-refractivity contribution in [1.29, 1.82) is 0 Å². The number of carbonyl (C=O) groups is 2. The van der Waals surface area contributed by atoms with E-state index >= 15 is 0 Å². The summed E-state index contributed by atoms with van der Waals surface area (Å²) in [4.78, 5) is 22.4. The summed E-state index contributed by atoms with van der Waals surface area (Å²) >= 11 is 0. The van der Waals surface area contributed by atoms with Crippen molar-refractivity contribution in [3.63, 3.8) is 0 Å². The largest absolute Gasteiger partial charge is 0.466 e. The number of ether oxygens (including phenoxy) is 2. The van der Waals surface area contributed by atoms with Gasteiger partial charge in [0.15, 0.2) is 0 Å². The van der Waals surface area contributed by atoms with Gasteiger partial charge in [-0.3, -0.25) is 4.79 Å². The molecule has 0 aliphatic heterocycles. The molecule has 0 heterocycles. The van der Waals surface area contributed by atoms with Crippen molar-refractivity contribution in [2.24, 2.45) is 5.73 Å². The van der Waals surface area contributed by atoms with Crippen molar-refractivity contribution in [3.8, 4) is 0 Å². The number of rotatable bonds is 4. The lowest BCUT2D eigenvalue weighted by molar-refractivity contribution is -0.166. The minimum atomic E-state index is -1.13. The first kappa shape index (κ1) is 13.2. The molecule has 0 saturated heterocycles. The summed E-state index contributed by atoms with van der Waals surface area (Å²) in [6.07, 6.45) is -1.13. The molecule has 2 atom stereocenters. The quantitative estimate of drug-likeness (QED) is 0.783. The van der Waals surface area contributed by atoms with Gasteiger partial charge in [-0.05, 0) is 5.56 Å². The minimum Gasteiger partial charge on any atom is -0.466 e. The molecule has 0 fully saturated rings. The predicted octanol–water partition coefficient (Wildman–Crippen LogP) is 0.791. The van der Waals surface area contributed by atoms with E-state index in [0.29, 0.717) is 5.56 Å². The Bertz CT molecular complexity index is 391. The van der Waals surface area contributed by atoms with E-state index in [1.54, 1.807) is 24.3 Å². The van der Waals surface area contributed by atoms with Crippen LogP contribution in [0.4, 0.5) is 0 Å². The average Bonchev–Trinajstić information content (AvgIpc) is 2.35. The second kappa shape index (κ2) is 6.00. The van der Waals surface area contributed by atoms with E-state index in [1.807, 2.05) is 6.07 Å². The van der Waals surface area contributed by atoms with Crippen LogP contribution in [0.25, 0.3) is 0 Å². The van der Waals surface area contributed by atoms with Crippen LogP contribution in [-0.2, 0) is 19.1 Å². The molecule has 0 unspecified atom stereocenters. The first-order chi connectivity index (χ1) is 8.06. The maximum Gasteiger partial charge on any atom is 0.349 e. The Morgan fingerprint density at radius 1 is 1.24 bits per heavy atom. The zero-order chi connectivity index (χ0) is 12.8. The molecule has 5 heteroatoms. The molecule has 1 aromatic carbocycles. The van der Waals surface area contributed by atoms with Crippen LogP contribution in [0.2, 0.25) is 0 Å². The second-order valence-corrected chi connectivity index (χ2v) is 3.49. The topological polar surface area (TPSA) is 78.6 Å². The number of benzene rings is 1. The lowest BCUT2D eigenvalue weighted by Crippen LogP contribution is -2.38. The summed E-state index contributed by atoms with van der Waals surface area (Å²) in [5.41, 5.74) is 6.58. The van der Waals surface area contributed by atoms with Gasteiger partial charge in [-0.15, -0.1) is 0 Å². The van der Waals surface area contributed by atoms with Crippen molar-refractivity contribution in [2.75, 3.05) is 7.11 Å². The first-order valence-electron chi connectivity index (χ1n) is 5.12. The lowest BCUT2D eigenvalue weighted by Gasteiger charge is -2.21. The number of hydrogen-bond donors (Lipinski definition) is 1. The molecule has 0 aliphatic carbocycles. The van der Waals surface area contributed by atoms with E-state index in [4.69, 9.17) is 10.5 Å². The molecule has 5 nitrogen and oxygen atoms in total. The summed E-state index contributed by atoms with van der Waals surface area (Å²) in [7, 11) is 1.22. The second-order valence-electron chi connectivity index (χ2n) is 3.49. The fourth-order valence-corrected chi connectivity index (χ4v) is 1.41. The molecule has 0 spiro atoms. The van der Waals surface area contributed by atoms with Crippen LogP contribution in [0.3, 0.4) is 0 Å². The molecular weight excluding hydrogens is 222 g/mol. The molecule has 0 aromatic heterocycles. The summed E-state index contributed by atoms with van der Waals surface area (Å²) in [6.45, 7) is 1.22. The molecule has 0 aliphatic rings. The number of carbonyl (C=O) groups excluding carboxylic acids is 2. The molecular formula is C12H15NO4. The zero-order valence-corrected chi connectivity index (χ0v) is 9.75. The third-order valence-corrected chi connectivity index (χ3v) is 2.24. The smallest absolute Gasteiger partial charge is 0.349 e. The summed E-state index contributed by atoms with van der Waals surface area (Å²) < 4.78 is 9.44. The van der Waals surface area contributed by atoms with Gasteiger partial charge in [0.1, 0.15) is 0 Å². The van der Waals surface area contributed by atoms with Crippen LogP contribution < -0.4 is 5.73 Å². The van der Waals surface area contributed by atoms with E-state index in [9.17, 15) is 9.59 Å². The van der Waals surface area contributed by atoms with E-state index in [-0.39, 0.29) is 0 Å². The normalized spacial score (nSPS) is 13.6. The highest BCUT2D eigenvalue weighted by atomic mass is 16.6. The Balaban J connectivity index is 2.90. The molecule has 0 amide bonds. The highest BCUT2D eigenvalue weighted by Gasteiger charge is 2.30. The fraction of sp³-hybridized carbons (Fsp3) is 0.333. The molecule has 0 radical (unpaired) electrons. The van der Waals surface area contributed by atoms with Crippen molar-refractivity contribution >= 4 is 11.9 Å². The minimum absolute atomic E-state index is 0.577. The van der Waals surface area contributed by atoms with Crippen LogP contribution in [0.1, 0.15) is 18.5 Å². The van der Waals surface area contributed by atoms with Crippen LogP contribution in [0, 0.1) is 0 Å². The van der Waals surface area contributed by atoms with Gasteiger partial charge in [-0.25, -0.2) is 4.79 Å². The Hall–Kier alpha value is -1.88. The van der Waals surface area contributed by atoms with Gasteiger partial charge in [0.05, 0.1) is 13.2 Å². The molecule has 1 aromatic rings. The number of nitrogens with two attached hydrogens (primary N) is 1. The van der Waals surface area contributed by atoms with E-state index < -0.39 is 24.1 Å². The standard InChI is InChI=1S/C12H15NO4/c1-8(14)17-11(12(15)16-2)10(13)9-6-4-3-5-7-9/h3-7,10-11H,13H2,1-2H3/t10-,11+/m1/s1. The number of hydrogen-bond acceptors (Lipinski definition) is 5. The Morgan fingerprint density at radius 3 is 2.29 bits per heavy atom. The average molecular weight is 237 g/mol. The molecule has 0 bridgehead atoms. The maximum atomic E-state index is 11.5. The maximum absolute atomic E-state index is 11.5. The van der Waals surface area contributed by atoms with Crippen LogP contribution in [0.15, 0.2) is 30.3 Å². The van der Waals surface area contributed by atoms with Gasteiger partial charge in [0.2, 0.25) is 6.10 Å². The van der Waals surface area contributed by atoms with Gasteiger partial charge < -0.3 is 15.2 Å². The Labute approximate surface area is 99.5 Å². The van der Waals surface area contributed by atoms with Crippen LogP contribution in [-0.4, -0.2) is 25.2 Å². The van der Waals surface area contributed by atoms with Gasteiger partial charge >= 0.3 is 11.9 Å². The van der Waals surface area contributed by atoms with Gasteiger partial charge in [0.25, 0.3) is 0 Å². The molecule has 92 valence electrons. The van der Waals surface area contributed by atoms with Crippen LogP contribution in [0.5, 0.6) is 0 Å². The third-order valence-electron chi connectivity index (χ3n) is 2.24. The SMILES string of the molecule is COC(=O)[C@@H](OC(C)=O)[C@H](N)c1ccccc1. The molecule has 1 rings (SSSR count). The highest BCUT2D eigenvalue weighted by Crippen LogP contribution is 2.17. The van der Waals surface area contributed by atoms with Crippen molar-refractivity contribution in [2.45, 2.75) is 19.1 Å². The Morgan fingerprint density at radius 2 is 1.82 bits per heavy atom. The molecule has 0 saturated carbocycles. The molecule has 2 N–H and O–H groups in total. The zero-order valence-electron chi connectivity index (χ0n) is 9.75. The van der Waals surface area contributed by atoms with Gasteiger partial charge in [-0.2, -0.15) is 0 Å². The van der Waals surface area contributed by atoms with Gasteiger partial charge in [0, 0.05) is 6.92 Å². The van der Waals surface area contributed by atoms with Gasteiger partial charge in [-0.1, -0.05) is 30.3 Å². The lowest BCUT2D eigenvalue weighted by atomic mass is 10.0. The van der Waals surface area contributed by atoms with E-state index in [2.05, 4.69) is 4.74 Å². The summed E-state index contributed by atoms with van der Waals surface area (Å²) in [6, 6.07) is 8.17.